The quantitative estimate of drug-likeness (QED) is 0.134. The lowest BCUT2D eigenvalue weighted by Gasteiger charge is -2.47. The van der Waals surface area contributed by atoms with Crippen LogP contribution < -0.4 is 47.5 Å². The van der Waals surface area contributed by atoms with Gasteiger partial charge in [-0.2, -0.15) is 0 Å². The van der Waals surface area contributed by atoms with Crippen LogP contribution >= 0.6 is 11.8 Å². The third kappa shape index (κ3) is 13.9. The molecule has 0 aliphatic carbocycles. The highest BCUT2D eigenvalue weighted by Crippen LogP contribution is 2.57. The van der Waals surface area contributed by atoms with E-state index in [1.54, 1.807) is 0 Å². The molecule has 4 aliphatic rings. The van der Waals surface area contributed by atoms with Gasteiger partial charge in [-0.1, -0.05) is 387 Å². The van der Waals surface area contributed by atoms with Crippen LogP contribution in [-0.2, 0) is 37.9 Å². The number of benzene rings is 16. The normalized spacial score (nSPS) is 13.8. The van der Waals surface area contributed by atoms with Crippen molar-refractivity contribution < 1.29 is 0 Å². The number of nitrogens with zero attached hydrogens (tertiary/aromatic N) is 5. The van der Waals surface area contributed by atoms with Gasteiger partial charge >= 0.3 is 0 Å². The number of rotatable bonds is 9. The molecule has 0 unspecified atom stereocenters. The molecular formula is C124H117B2N5S. The monoisotopic (exact) mass is 1730 g/mol. The van der Waals surface area contributed by atoms with Gasteiger partial charge in [-0.15, -0.1) is 0 Å². The van der Waals surface area contributed by atoms with Gasteiger partial charge in [0, 0.05) is 99.1 Å². The van der Waals surface area contributed by atoms with E-state index in [0.717, 1.165) is 118 Å². The molecule has 2 aromatic heterocycles. The van der Waals surface area contributed by atoms with Crippen molar-refractivity contribution in [2.45, 2.75) is 193 Å². The van der Waals surface area contributed by atoms with Crippen molar-refractivity contribution in [2.24, 2.45) is 0 Å². The second-order valence-corrected chi connectivity index (χ2v) is 46.1. The topological polar surface area (TPSA) is 19.6 Å². The number of hydrogen-bond acceptors (Lipinski definition) is 4. The van der Waals surface area contributed by atoms with E-state index in [9.17, 15) is 0 Å². The summed E-state index contributed by atoms with van der Waals surface area (Å²) in [7, 11) is 0. The highest BCUT2D eigenvalue weighted by molar-refractivity contribution is 8.00. The fraction of sp³-hybridized carbons (Fsp3) is 0.226. The van der Waals surface area contributed by atoms with Gasteiger partial charge in [-0.25, -0.2) is 0 Å². The smallest absolute Gasteiger partial charge is 0.252 e. The Morgan fingerprint density at radius 2 is 0.508 bits per heavy atom. The maximum absolute atomic E-state index is 2.78. The molecule has 18 aromatic rings. The van der Waals surface area contributed by atoms with Gasteiger partial charge in [0.2, 0.25) is 6.71 Å². The van der Waals surface area contributed by atoms with E-state index >= 15 is 0 Å². The zero-order chi connectivity index (χ0) is 91.7. The van der Waals surface area contributed by atoms with Gasteiger partial charge in [-0.3, -0.25) is 0 Å². The van der Waals surface area contributed by atoms with Crippen molar-refractivity contribution in [1.29, 1.82) is 0 Å². The minimum atomic E-state index is -0.317. The SMILES string of the molecule is CC(C)(C)c1ccc(N2c3cc4c(cc3B3c5ccc(C(C)(C)C)cc5N(c5c(-c6ccccc6)cccc5-c5ccccc5)c5cc(-n6c7ccc(C(C)(C)C)cc7c7cc(C(C)(C)C)ccc76)cc2c53)B2c3ccc(C(C)(C)C)cc3Sc3cc(-n5c6ccc(C(C)(C)C)cc6c6cc(C(C)(C)C)ccc65)cc(c32)N4c2c(-c3ccccc3)cccc2-c2ccccc2)cc1. The molecule has 6 heterocycles. The van der Waals surface area contributed by atoms with E-state index in [2.05, 4.69) is 497 Å². The summed E-state index contributed by atoms with van der Waals surface area (Å²) >= 11 is 1.96. The minimum Gasteiger partial charge on any atom is -0.311 e. The van der Waals surface area contributed by atoms with Crippen LogP contribution in [0.2, 0.25) is 0 Å². The van der Waals surface area contributed by atoms with Crippen molar-refractivity contribution in [1.82, 2.24) is 9.13 Å². The molecule has 0 spiro atoms. The highest BCUT2D eigenvalue weighted by Gasteiger charge is 2.50. The van der Waals surface area contributed by atoms with Crippen LogP contribution in [0.5, 0.6) is 0 Å². The first-order valence-corrected chi connectivity index (χ1v) is 48.4. The molecule has 0 atom stereocenters. The molecule has 16 aromatic carbocycles. The van der Waals surface area contributed by atoms with Crippen molar-refractivity contribution in [3.05, 3.63) is 367 Å². The van der Waals surface area contributed by atoms with Gasteiger partial charge in [0.25, 0.3) is 6.71 Å². The van der Waals surface area contributed by atoms with Crippen molar-refractivity contribution >= 4 is 153 Å². The number of fused-ring (bicyclic) bond motifs is 14. The summed E-state index contributed by atoms with van der Waals surface area (Å²) in [6.45, 7) is 49.0. The van der Waals surface area contributed by atoms with Crippen molar-refractivity contribution in [3.8, 4) is 55.9 Å². The van der Waals surface area contributed by atoms with Crippen LogP contribution in [0.3, 0.4) is 0 Å². The van der Waals surface area contributed by atoms with Crippen LogP contribution in [0.4, 0.5) is 51.2 Å². The standard InChI is InChI=1S/C124H117B2N5S/c1-118(2,3)80-48-56-87(57-49-80)127-107-75-108-101(126-99-59-51-86(124(19,20)21)69-112(99)132-113-73-89(129-104-62-54-83(121(10,11)12)66-96(104)97-67-84(122(13,14)15)55-63-105(97)129)72-111(115(113)126)131(108)117-92(78-40-30-24-31-41-78)46-35-47-93(117)79-42-32-25-33-43-79)74-100(107)125-98-58-50-85(123(16,17)18)68-106(98)130(116-90(76-36-26-22-27-37-76)44-34-45-91(116)77-38-28-23-29-39-77)110-71-88(70-109(127)114(110)125)128-102-60-52-81(119(4,5)6)64-94(102)95-65-82(120(7,8)9)53-61-103(95)128/h22-75H,1-21H3. The first-order chi connectivity index (χ1) is 62.9. The Morgan fingerprint density at radius 3 is 0.886 bits per heavy atom. The molecule has 0 bridgehead atoms. The van der Waals surface area contributed by atoms with Crippen LogP contribution in [0.15, 0.2) is 337 Å². The van der Waals surface area contributed by atoms with E-state index in [1.165, 1.54) is 114 Å². The fourth-order valence-corrected chi connectivity index (χ4v) is 22.9. The highest BCUT2D eigenvalue weighted by atomic mass is 32.2. The number of para-hydroxylation sites is 2. The third-order valence-electron chi connectivity index (χ3n) is 29.0. The predicted octanol–water partition coefficient (Wildman–Crippen LogP) is 30.5. The molecule has 0 saturated heterocycles. The van der Waals surface area contributed by atoms with Gasteiger partial charge in [0.15, 0.2) is 0 Å². The molecule has 0 N–H and O–H groups in total. The van der Waals surface area contributed by atoms with E-state index in [0.29, 0.717) is 0 Å². The second-order valence-electron chi connectivity index (χ2n) is 45.0. The number of aromatic nitrogens is 2. The Balaban J connectivity index is 0.931. The average Bonchev–Trinajstić information content (AvgIpc) is 0.760. The van der Waals surface area contributed by atoms with Gasteiger partial charge in [0.1, 0.15) is 0 Å². The van der Waals surface area contributed by atoms with Crippen molar-refractivity contribution in [2.75, 3.05) is 14.7 Å². The molecule has 0 saturated carbocycles. The zero-order valence-electron chi connectivity index (χ0n) is 80.5. The predicted molar refractivity (Wildman–Crippen MR) is 572 cm³/mol. The van der Waals surface area contributed by atoms with Crippen LogP contribution in [0.25, 0.3) is 99.5 Å². The molecule has 0 fully saturated rings. The average molecular weight is 1730 g/mol. The summed E-state index contributed by atoms with van der Waals surface area (Å²) in [6, 6.07) is 129. The maximum Gasteiger partial charge on any atom is 0.252 e. The summed E-state index contributed by atoms with van der Waals surface area (Å²) in [5.41, 5.74) is 42.0. The van der Waals surface area contributed by atoms with Crippen LogP contribution in [0.1, 0.15) is 184 Å². The van der Waals surface area contributed by atoms with E-state index < -0.39 is 0 Å². The largest absolute Gasteiger partial charge is 0.311 e. The minimum absolute atomic E-state index is 0.0866. The summed E-state index contributed by atoms with van der Waals surface area (Å²) in [6.07, 6.45) is 0. The molecule has 4 aliphatic heterocycles. The summed E-state index contributed by atoms with van der Waals surface area (Å²) in [5, 5.41) is 5.02. The number of hydrogen-bond donors (Lipinski definition) is 0. The maximum atomic E-state index is 2.78. The Bertz CT molecular complexity index is 7500. The summed E-state index contributed by atoms with van der Waals surface area (Å²) in [4.78, 5) is 10.8. The summed E-state index contributed by atoms with van der Waals surface area (Å²) < 4.78 is 5.25. The second kappa shape index (κ2) is 30.3. The third-order valence-corrected chi connectivity index (χ3v) is 30.2. The lowest BCUT2D eigenvalue weighted by molar-refractivity contribution is 0.589. The first-order valence-electron chi connectivity index (χ1n) is 47.6. The fourth-order valence-electron chi connectivity index (χ4n) is 21.7. The van der Waals surface area contributed by atoms with Crippen LogP contribution in [0, 0.1) is 0 Å². The lowest BCUT2D eigenvalue weighted by Crippen LogP contribution is -2.65. The Kier molecular flexibility index (Phi) is 19.4. The Labute approximate surface area is 786 Å². The Hall–Kier alpha value is -13.0. The Morgan fingerprint density at radius 1 is 0.205 bits per heavy atom. The molecule has 0 amide bonds. The first kappa shape index (κ1) is 84.5. The molecule has 8 heteroatoms. The molecule has 22 rings (SSSR count). The van der Waals surface area contributed by atoms with E-state index in [1.807, 2.05) is 11.8 Å². The lowest BCUT2D eigenvalue weighted by atomic mass is 9.30. The number of anilines is 9. The molecule has 650 valence electrons. The van der Waals surface area contributed by atoms with Gasteiger partial charge in [-0.05, 0) is 230 Å². The molecule has 0 radical (unpaired) electrons. The van der Waals surface area contributed by atoms with Crippen LogP contribution in [-0.4, -0.2) is 22.6 Å². The van der Waals surface area contributed by atoms with Crippen molar-refractivity contribution in [3.63, 3.8) is 0 Å². The van der Waals surface area contributed by atoms with Gasteiger partial charge < -0.3 is 23.8 Å². The summed E-state index contributed by atoms with van der Waals surface area (Å²) in [5.74, 6) is 0. The van der Waals surface area contributed by atoms with E-state index in [-0.39, 0.29) is 51.3 Å². The molecule has 5 nitrogen and oxygen atoms in total. The van der Waals surface area contributed by atoms with E-state index in [4.69, 9.17) is 0 Å². The van der Waals surface area contributed by atoms with Gasteiger partial charge in [0.05, 0.1) is 39.1 Å². The molecular weight excluding hydrogens is 1610 g/mol. The zero-order valence-corrected chi connectivity index (χ0v) is 81.3. The molecule has 132 heavy (non-hydrogen) atoms.